The maximum atomic E-state index is 4.56. The Morgan fingerprint density at radius 1 is 1.44 bits per heavy atom. The molecular weight excluding hydrogens is 198 g/mol. The van der Waals surface area contributed by atoms with Gasteiger partial charge in [0.1, 0.15) is 5.82 Å². The van der Waals surface area contributed by atoms with Crippen LogP contribution in [-0.4, -0.2) is 37.6 Å². The van der Waals surface area contributed by atoms with Crippen LogP contribution in [-0.2, 0) is 0 Å². The van der Waals surface area contributed by atoms with Gasteiger partial charge in [-0.15, -0.1) is 0 Å². The molecule has 2 heterocycles. The molecular formula is C13H21N3. The Bertz CT molecular complexity index is 373. The van der Waals surface area contributed by atoms with Crippen LogP contribution in [0, 0.1) is 6.92 Å². The highest BCUT2D eigenvalue weighted by Crippen LogP contribution is 2.31. The molecule has 1 saturated heterocycles. The average Bonchev–Trinajstić information content (AvgIpc) is 2.63. The smallest absolute Gasteiger partial charge is 0.130 e. The first kappa shape index (κ1) is 11.4. The van der Waals surface area contributed by atoms with Crippen molar-refractivity contribution in [2.45, 2.75) is 25.8 Å². The molecule has 0 bridgehead atoms. The second-order valence-corrected chi connectivity index (χ2v) is 4.94. The highest BCUT2D eigenvalue weighted by molar-refractivity contribution is 5.46. The number of anilines is 1. The summed E-state index contributed by atoms with van der Waals surface area (Å²) in [5.74, 6) is 1.07. The molecule has 1 fully saturated rings. The van der Waals surface area contributed by atoms with E-state index in [1.54, 1.807) is 0 Å². The van der Waals surface area contributed by atoms with Gasteiger partial charge in [0.2, 0.25) is 0 Å². The summed E-state index contributed by atoms with van der Waals surface area (Å²) >= 11 is 0. The molecule has 0 radical (unpaired) electrons. The molecule has 88 valence electrons. The van der Waals surface area contributed by atoms with Crippen molar-refractivity contribution in [1.29, 1.82) is 0 Å². The van der Waals surface area contributed by atoms with Gasteiger partial charge in [0.25, 0.3) is 0 Å². The summed E-state index contributed by atoms with van der Waals surface area (Å²) in [6.45, 7) is 3.35. The van der Waals surface area contributed by atoms with Gasteiger partial charge in [-0.1, -0.05) is 0 Å². The fraction of sp³-hybridized carbons (Fsp3) is 0.615. The Morgan fingerprint density at radius 3 is 2.69 bits per heavy atom. The number of aromatic nitrogens is 1. The molecule has 2 rings (SSSR count). The third kappa shape index (κ3) is 2.05. The van der Waals surface area contributed by atoms with Crippen LogP contribution in [0.25, 0.3) is 0 Å². The lowest BCUT2D eigenvalue weighted by atomic mass is 10.1. The van der Waals surface area contributed by atoms with E-state index in [2.05, 4.69) is 34.8 Å². The Morgan fingerprint density at radius 2 is 2.19 bits per heavy atom. The standard InChI is InChI=1S/C13H21N3/c1-10-8-11(9-14-13(10)15(2)3)12-6-5-7-16(12)4/h8-9,12H,5-7H2,1-4H3/t12-/m0/s1. The van der Waals surface area contributed by atoms with Crippen LogP contribution in [0.3, 0.4) is 0 Å². The molecule has 0 aromatic carbocycles. The van der Waals surface area contributed by atoms with E-state index in [0.29, 0.717) is 6.04 Å². The SMILES string of the molecule is Cc1cc([C@@H]2CCCN2C)cnc1N(C)C. The predicted octanol–water partition coefficient (Wildman–Crippen LogP) is 2.22. The minimum absolute atomic E-state index is 0.572. The molecule has 3 nitrogen and oxygen atoms in total. The minimum atomic E-state index is 0.572. The summed E-state index contributed by atoms with van der Waals surface area (Å²) in [6.07, 6.45) is 4.60. The number of pyridine rings is 1. The highest BCUT2D eigenvalue weighted by Gasteiger charge is 2.23. The van der Waals surface area contributed by atoms with Crippen molar-refractivity contribution in [3.63, 3.8) is 0 Å². The van der Waals surface area contributed by atoms with E-state index in [4.69, 9.17) is 0 Å². The summed E-state index contributed by atoms with van der Waals surface area (Å²) in [4.78, 5) is 9.05. The van der Waals surface area contributed by atoms with Crippen molar-refractivity contribution in [3.05, 3.63) is 23.4 Å². The number of nitrogens with zero attached hydrogens (tertiary/aromatic N) is 3. The third-order valence-corrected chi connectivity index (χ3v) is 3.40. The lowest BCUT2D eigenvalue weighted by Gasteiger charge is -2.21. The second-order valence-electron chi connectivity index (χ2n) is 4.94. The first-order valence-electron chi connectivity index (χ1n) is 5.93. The fourth-order valence-corrected chi connectivity index (χ4v) is 2.57. The molecule has 0 amide bonds. The Hall–Kier alpha value is -1.09. The van der Waals surface area contributed by atoms with E-state index in [1.807, 2.05) is 20.3 Å². The largest absolute Gasteiger partial charge is 0.363 e. The summed E-state index contributed by atoms with van der Waals surface area (Å²) in [5, 5.41) is 0. The van der Waals surface area contributed by atoms with Crippen LogP contribution >= 0.6 is 0 Å². The van der Waals surface area contributed by atoms with E-state index < -0.39 is 0 Å². The number of aryl methyl sites for hydroxylation is 1. The van der Waals surface area contributed by atoms with Gasteiger partial charge in [-0.3, -0.25) is 4.90 Å². The van der Waals surface area contributed by atoms with Crippen molar-refractivity contribution in [2.75, 3.05) is 32.6 Å². The van der Waals surface area contributed by atoms with Crippen LogP contribution in [0.5, 0.6) is 0 Å². The Balaban J connectivity index is 2.27. The topological polar surface area (TPSA) is 19.4 Å². The van der Waals surface area contributed by atoms with Crippen LogP contribution in [0.1, 0.15) is 30.0 Å². The van der Waals surface area contributed by atoms with E-state index in [-0.39, 0.29) is 0 Å². The van der Waals surface area contributed by atoms with Crippen LogP contribution in [0.2, 0.25) is 0 Å². The van der Waals surface area contributed by atoms with Gasteiger partial charge in [0, 0.05) is 26.3 Å². The highest BCUT2D eigenvalue weighted by atomic mass is 15.2. The maximum Gasteiger partial charge on any atom is 0.130 e. The zero-order chi connectivity index (χ0) is 11.7. The maximum absolute atomic E-state index is 4.56. The van der Waals surface area contributed by atoms with Gasteiger partial charge >= 0.3 is 0 Å². The summed E-state index contributed by atoms with van der Waals surface area (Å²) < 4.78 is 0. The van der Waals surface area contributed by atoms with Gasteiger partial charge in [-0.2, -0.15) is 0 Å². The molecule has 1 aliphatic heterocycles. The zero-order valence-electron chi connectivity index (χ0n) is 10.7. The molecule has 0 unspecified atom stereocenters. The lowest BCUT2D eigenvalue weighted by Crippen LogP contribution is -2.18. The van der Waals surface area contributed by atoms with Crippen LogP contribution < -0.4 is 4.90 Å². The molecule has 1 aromatic heterocycles. The first-order chi connectivity index (χ1) is 7.59. The third-order valence-electron chi connectivity index (χ3n) is 3.40. The zero-order valence-corrected chi connectivity index (χ0v) is 10.7. The lowest BCUT2D eigenvalue weighted by molar-refractivity contribution is 0.317. The van der Waals surface area contributed by atoms with Gasteiger partial charge in [0.05, 0.1) is 0 Å². The molecule has 16 heavy (non-hydrogen) atoms. The Kier molecular flexibility index (Phi) is 3.15. The Labute approximate surface area is 98.1 Å². The first-order valence-corrected chi connectivity index (χ1v) is 5.93. The van der Waals surface area contributed by atoms with Crippen molar-refractivity contribution >= 4 is 5.82 Å². The normalized spacial score (nSPS) is 21.4. The summed E-state index contributed by atoms with van der Waals surface area (Å²) in [5.41, 5.74) is 2.63. The predicted molar refractivity (Wildman–Crippen MR) is 67.9 cm³/mol. The number of likely N-dealkylation sites (tertiary alicyclic amines) is 1. The van der Waals surface area contributed by atoms with E-state index in [1.165, 1.54) is 30.5 Å². The number of hydrogen-bond donors (Lipinski definition) is 0. The van der Waals surface area contributed by atoms with Gasteiger partial charge in [-0.25, -0.2) is 4.98 Å². The number of rotatable bonds is 2. The van der Waals surface area contributed by atoms with Gasteiger partial charge in [-0.05, 0) is 50.6 Å². The molecule has 0 saturated carbocycles. The van der Waals surface area contributed by atoms with Crippen molar-refractivity contribution in [2.24, 2.45) is 0 Å². The number of hydrogen-bond acceptors (Lipinski definition) is 3. The molecule has 1 aliphatic rings. The van der Waals surface area contributed by atoms with Crippen molar-refractivity contribution in [3.8, 4) is 0 Å². The monoisotopic (exact) mass is 219 g/mol. The molecule has 1 aromatic rings. The summed E-state index contributed by atoms with van der Waals surface area (Å²) in [7, 11) is 6.28. The molecule has 1 atom stereocenters. The van der Waals surface area contributed by atoms with E-state index in [9.17, 15) is 0 Å². The van der Waals surface area contributed by atoms with Crippen LogP contribution in [0.15, 0.2) is 12.3 Å². The van der Waals surface area contributed by atoms with Gasteiger partial charge < -0.3 is 4.90 Å². The quantitative estimate of drug-likeness (QED) is 0.760. The molecule has 0 N–H and O–H groups in total. The minimum Gasteiger partial charge on any atom is -0.363 e. The molecule has 0 spiro atoms. The fourth-order valence-electron chi connectivity index (χ4n) is 2.57. The average molecular weight is 219 g/mol. The molecule has 0 aliphatic carbocycles. The van der Waals surface area contributed by atoms with E-state index >= 15 is 0 Å². The van der Waals surface area contributed by atoms with Crippen molar-refractivity contribution in [1.82, 2.24) is 9.88 Å². The van der Waals surface area contributed by atoms with E-state index in [0.717, 1.165) is 5.82 Å². The van der Waals surface area contributed by atoms with Crippen LogP contribution in [0.4, 0.5) is 5.82 Å². The molecule has 3 heteroatoms. The van der Waals surface area contributed by atoms with Gasteiger partial charge in [0.15, 0.2) is 0 Å². The second kappa shape index (κ2) is 4.42. The van der Waals surface area contributed by atoms with Crippen molar-refractivity contribution < 1.29 is 0 Å². The summed E-state index contributed by atoms with van der Waals surface area (Å²) in [6, 6.07) is 2.86.